The molecular weight excluding hydrogens is 210 g/mol. The summed E-state index contributed by atoms with van der Waals surface area (Å²) in [5.41, 5.74) is 0.429. The van der Waals surface area contributed by atoms with Gasteiger partial charge in [0.1, 0.15) is 0 Å². The van der Waals surface area contributed by atoms with Gasteiger partial charge in [0.2, 0.25) is 0 Å². The molecule has 0 aromatic carbocycles. The van der Waals surface area contributed by atoms with Gasteiger partial charge in [-0.05, 0) is 24.7 Å². The molecule has 2 fully saturated rings. The van der Waals surface area contributed by atoms with Crippen LogP contribution < -0.4 is 5.32 Å². The van der Waals surface area contributed by atoms with E-state index in [-0.39, 0.29) is 6.04 Å². The second kappa shape index (κ2) is 3.74. The van der Waals surface area contributed by atoms with Gasteiger partial charge in [0, 0.05) is 12.1 Å². The molecule has 0 radical (unpaired) electrons. The molecule has 1 aliphatic heterocycles. The Morgan fingerprint density at radius 3 is 2.40 bits per heavy atom. The molecule has 1 N–H and O–H groups in total. The van der Waals surface area contributed by atoms with E-state index in [9.17, 15) is 8.42 Å². The Morgan fingerprint density at radius 2 is 1.87 bits per heavy atom. The van der Waals surface area contributed by atoms with Crippen molar-refractivity contribution in [1.82, 2.24) is 5.32 Å². The van der Waals surface area contributed by atoms with E-state index in [4.69, 9.17) is 0 Å². The molecule has 0 spiro atoms. The predicted molar refractivity (Wildman–Crippen MR) is 61.6 cm³/mol. The first kappa shape index (κ1) is 11.4. The summed E-state index contributed by atoms with van der Waals surface area (Å²) >= 11 is 0. The number of hydrogen-bond donors (Lipinski definition) is 1. The lowest BCUT2D eigenvalue weighted by atomic mass is 9.75. The Labute approximate surface area is 92.6 Å². The highest BCUT2D eigenvalue weighted by Gasteiger charge is 2.36. The Bertz CT molecular complexity index is 322. The fourth-order valence-electron chi connectivity index (χ4n) is 2.83. The summed E-state index contributed by atoms with van der Waals surface area (Å²) in [5, 5.41) is 3.49. The standard InChI is InChI=1S/C11H21NO2S/c1-11(2)5-3-4-9(6-11)12-10-7-15(13,14)8-10/h9-10,12H,3-8H2,1-2H3. The van der Waals surface area contributed by atoms with Crippen molar-refractivity contribution in [2.24, 2.45) is 5.41 Å². The Hall–Kier alpha value is -0.0900. The highest BCUT2D eigenvalue weighted by atomic mass is 32.2. The van der Waals surface area contributed by atoms with Crippen LogP contribution in [-0.2, 0) is 9.84 Å². The normalized spacial score (nSPS) is 34.7. The van der Waals surface area contributed by atoms with Crippen molar-refractivity contribution in [3.8, 4) is 0 Å². The van der Waals surface area contributed by atoms with E-state index in [2.05, 4.69) is 19.2 Å². The van der Waals surface area contributed by atoms with Gasteiger partial charge in [0.05, 0.1) is 11.5 Å². The van der Waals surface area contributed by atoms with Crippen molar-refractivity contribution in [3.63, 3.8) is 0 Å². The van der Waals surface area contributed by atoms with Crippen LogP contribution in [0.1, 0.15) is 39.5 Å². The van der Waals surface area contributed by atoms with Gasteiger partial charge in [-0.1, -0.05) is 20.3 Å². The third kappa shape index (κ3) is 2.94. The smallest absolute Gasteiger partial charge is 0.153 e. The maximum Gasteiger partial charge on any atom is 0.153 e. The summed E-state index contributed by atoms with van der Waals surface area (Å²) in [7, 11) is -2.67. The van der Waals surface area contributed by atoms with Gasteiger partial charge in [0.15, 0.2) is 9.84 Å². The van der Waals surface area contributed by atoms with E-state index in [0.29, 0.717) is 23.0 Å². The minimum Gasteiger partial charge on any atom is -0.309 e. The molecule has 2 rings (SSSR count). The van der Waals surface area contributed by atoms with E-state index in [1.807, 2.05) is 0 Å². The second-order valence-corrected chi connectivity index (χ2v) is 8.05. The highest BCUT2D eigenvalue weighted by molar-refractivity contribution is 7.92. The first-order chi connectivity index (χ1) is 6.86. The number of rotatable bonds is 2. The van der Waals surface area contributed by atoms with Gasteiger partial charge in [-0.15, -0.1) is 0 Å². The van der Waals surface area contributed by atoms with Gasteiger partial charge in [0.25, 0.3) is 0 Å². The molecule has 1 heterocycles. The Kier molecular flexibility index (Phi) is 2.84. The minimum absolute atomic E-state index is 0.230. The summed E-state index contributed by atoms with van der Waals surface area (Å²) in [6.07, 6.45) is 4.96. The fraction of sp³-hybridized carbons (Fsp3) is 1.00. The Morgan fingerprint density at radius 1 is 1.20 bits per heavy atom. The van der Waals surface area contributed by atoms with Crippen LogP contribution in [0.15, 0.2) is 0 Å². The Balaban J connectivity index is 1.81. The van der Waals surface area contributed by atoms with Crippen LogP contribution in [0.25, 0.3) is 0 Å². The van der Waals surface area contributed by atoms with Gasteiger partial charge >= 0.3 is 0 Å². The van der Waals surface area contributed by atoms with Gasteiger partial charge < -0.3 is 5.32 Å². The van der Waals surface area contributed by atoms with Crippen molar-refractivity contribution in [2.45, 2.75) is 51.6 Å². The number of sulfone groups is 1. The molecule has 0 aromatic heterocycles. The van der Waals surface area contributed by atoms with Crippen molar-refractivity contribution in [3.05, 3.63) is 0 Å². The van der Waals surface area contributed by atoms with Crippen LogP contribution in [-0.4, -0.2) is 32.0 Å². The van der Waals surface area contributed by atoms with Crippen LogP contribution >= 0.6 is 0 Å². The summed E-state index contributed by atoms with van der Waals surface area (Å²) in [6, 6.07) is 0.767. The van der Waals surface area contributed by atoms with Crippen molar-refractivity contribution >= 4 is 9.84 Å². The third-order valence-electron chi connectivity index (χ3n) is 3.59. The summed E-state index contributed by atoms with van der Waals surface area (Å²) in [4.78, 5) is 0. The van der Waals surface area contributed by atoms with Crippen LogP contribution in [0.2, 0.25) is 0 Å². The van der Waals surface area contributed by atoms with Gasteiger partial charge in [-0.3, -0.25) is 0 Å². The molecule has 1 atom stereocenters. The quantitative estimate of drug-likeness (QED) is 0.780. The van der Waals surface area contributed by atoms with Crippen molar-refractivity contribution in [2.75, 3.05) is 11.5 Å². The molecule has 0 aromatic rings. The SMILES string of the molecule is CC1(C)CCCC(NC2CS(=O)(=O)C2)C1. The lowest BCUT2D eigenvalue weighted by Crippen LogP contribution is -2.55. The summed E-state index contributed by atoms with van der Waals surface area (Å²) in [5.74, 6) is 0.702. The molecule has 88 valence electrons. The molecule has 1 saturated carbocycles. The lowest BCUT2D eigenvalue weighted by molar-refractivity contribution is 0.191. The molecule has 0 bridgehead atoms. The largest absolute Gasteiger partial charge is 0.309 e. The molecule has 4 heteroatoms. The lowest BCUT2D eigenvalue weighted by Gasteiger charge is -2.39. The molecule has 2 aliphatic rings. The third-order valence-corrected chi connectivity index (χ3v) is 5.41. The monoisotopic (exact) mass is 231 g/mol. The number of nitrogens with one attached hydrogen (secondary N) is 1. The predicted octanol–water partition coefficient (Wildman–Crippen LogP) is 1.34. The maximum atomic E-state index is 11.0. The minimum atomic E-state index is -2.67. The van der Waals surface area contributed by atoms with Crippen LogP contribution in [0.3, 0.4) is 0 Å². The zero-order valence-electron chi connectivity index (χ0n) is 9.62. The average Bonchev–Trinajstić information content (AvgIpc) is 1.98. The van der Waals surface area contributed by atoms with E-state index in [1.54, 1.807) is 0 Å². The fourth-order valence-corrected chi connectivity index (χ4v) is 4.16. The summed E-state index contributed by atoms with van der Waals surface area (Å²) < 4.78 is 22.1. The van der Waals surface area contributed by atoms with Crippen LogP contribution in [0.4, 0.5) is 0 Å². The molecule has 1 unspecified atom stereocenters. The molecule has 0 amide bonds. The van der Waals surface area contributed by atoms with E-state index >= 15 is 0 Å². The van der Waals surface area contributed by atoms with E-state index < -0.39 is 9.84 Å². The van der Waals surface area contributed by atoms with Crippen LogP contribution in [0.5, 0.6) is 0 Å². The molecular formula is C11H21NO2S. The molecule has 1 aliphatic carbocycles. The van der Waals surface area contributed by atoms with Gasteiger partial charge in [-0.2, -0.15) is 0 Å². The van der Waals surface area contributed by atoms with Crippen LogP contribution in [0, 0.1) is 5.41 Å². The van der Waals surface area contributed by atoms with Crippen molar-refractivity contribution < 1.29 is 8.42 Å². The molecule has 3 nitrogen and oxygen atoms in total. The molecule has 15 heavy (non-hydrogen) atoms. The molecule has 1 saturated heterocycles. The first-order valence-electron chi connectivity index (χ1n) is 5.83. The summed E-state index contributed by atoms with van der Waals surface area (Å²) in [6.45, 7) is 4.61. The zero-order chi connectivity index (χ0) is 11.1. The van der Waals surface area contributed by atoms with E-state index in [1.165, 1.54) is 25.7 Å². The highest BCUT2D eigenvalue weighted by Crippen LogP contribution is 2.35. The first-order valence-corrected chi connectivity index (χ1v) is 7.65. The second-order valence-electron chi connectivity index (χ2n) is 5.90. The average molecular weight is 231 g/mol. The number of hydrogen-bond acceptors (Lipinski definition) is 3. The van der Waals surface area contributed by atoms with Gasteiger partial charge in [-0.25, -0.2) is 8.42 Å². The zero-order valence-corrected chi connectivity index (χ0v) is 10.4. The van der Waals surface area contributed by atoms with Crippen molar-refractivity contribution in [1.29, 1.82) is 0 Å². The van der Waals surface area contributed by atoms with E-state index in [0.717, 1.165) is 0 Å². The maximum absolute atomic E-state index is 11.0. The topological polar surface area (TPSA) is 46.2 Å².